The number of primary amides is 1. The number of fused-ring (bicyclic) bond motifs is 1. The summed E-state index contributed by atoms with van der Waals surface area (Å²) in [5.74, 6) is -3.19. The van der Waals surface area contributed by atoms with E-state index in [4.69, 9.17) is 5.73 Å². The second-order valence-corrected chi connectivity index (χ2v) is 7.92. The Bertz CT molecular complexity index is 922. The van der Waals surface area contributed by atoms with E-state index in [1.807, 2.05) is 0 Å². The van der Waals surface area contributed by atoms with Gasteiger partial charge in [-0.1, -0.05) is 0 Å². The number of carbonyl (C=O) groups is 4. The number of hydrogen-bond acceptors (Lipinski definition) is 8. The van der Waals surface area contributed by atoms with Crippen LogP contribution in [0.25, 0.3) is 0 Å². The number of nitro benzene ring substituents is 1. The van der Waals surface area contributed by atoms with Gasteiger partial charge in [0.05, 0.1) is 28.8 Å². The standard InChI is InChI=1S/C17H21IN6O7/c1-7(25)13-17(29)21-6-12(26)22-11(15(19)27)2-3-20-14-9(16(28)23-13)4-8(24(30)31)5-10(14)18/h4-5,7,11,13,20,25H,2-3,6H2,1H3,(H2,19,27)(H,21,29)(H,22,26)(H,23,28)/t7-,11?,13?/m1/s1. The van der Waals surface area contributed by atoms with Crippen molar-refractivity contribution in [1.29, 1.82) is 0 Å². The number of aliphatic hydroxyl groups is 1. The molecule has 0 bridgehead atoms. The highest BCUT2D eigenvalue weighted by atomic mass is 127. The molecule has 0 spiro atoms. The maximum Gasteiger partial charge on any atom is 0.271 e. The van der Waals surface area contributed by atoms with Crippen molar-refractivity contribution in [2.45, 2.75) is 31.5 Å². The highest BCUT2D eigenvalue weighted by molar-refractivity contribution is 14.1. The Morgan fingerprint density at radius 2 is 1.97 bits per heavy atom. The minimum absolute atomic E-state index is 0.0550. The van der Waals surface area contributed by atoms with Gasteiger partial charge < -0.3 is 32.1 Å². The van der Waals surface area contributed by atoms with E-state index in [0.717, 1.165) is 6.07 Å². The van der Waals surface area contributed by atoms with Gasteiger partial charge in [-0.15, -0.1) is 0 Å². The van der Waals surface area contributed by atoms with E-state index in [-0.39, 0.29) is 29.9 Å². The fourth-order valence-electron chi connectivity index (χ4n) is 2.83. The molecule has 14 heteroatoms. The maximum absolute atomic E-state index is 12.9. The van der Waals surface area contributed by atoms with E-state index < -0.39 is 53.3 Å². The Morgan fingerprint density at radius 3 is 2.55 bits per heavy atom. The molecule has 1 aromatic rings. The maximum atomic E-state index is 12.9. The second kappa shape index (κ2) is 10.3. The molecule has 0 aliphatic carbocycles. The molecule has 2 unspecified atom stereocenters. The van der Waals surface area contributed by atoms with Crippen LogP contribution in [0.1, 0.15) is 23.7 Å². The van der Waals surface area contributed by atoms with Crippen molar-refractivity contribution < 1.29 is 29.2 Å². The van der Waals surface area contributed by atoms with Crippen LogP contribution in [0, 0.1) is 13.7 Å². The molecule has 13 nitrogen and oxygen atoms in total. The Kier molecular flexibility index (Phi) is 8.09. The minimum atomic E-state index is -1.44. The largest absolute Gasteiger partial charge is 0.391 e. The van der Waals surface area contributed by atoms with Gasteiger partial charge in [-0.2, -0.15) is 0 Å². The Labute approximate surface area is 189 Å². The van der Waals surface area contributed by atoms with Crippen LogP contribution in [0.3, 0.4) is 0 Å². The van der Waals surface area contributed by atoms with E-state index in [1.165, 1.54) is 13.0 Å². The highest BCUT2D eigenvalue weighted by Gasteiger charge is 2.29. The lowest BCUT2D eigenvalue weighted by atomic mass is 10.1. The quantitative estimate of drug-likeness (QED) is 0.150. The summed E-state index contributed by atoms with van der Waals surface area (Å²) in [5.41, 5.74) is 5.06. The monoisotopic (exact) mass is 548 g/mol. The number of rotatable bonds is 3. The van der Waals surface area contributed by atoms with Crippen molar-refractivity contribution in [3.63, 3.8) is 0 Å². The molecule has 0 saturated carbocycles. The summed E-state index contributed by atoms with van der Waals surface area (Å²) in [5, 5.41) is 31.1. The first-order chi connectivity index (χ1) is 14.5. The van der Waals surface area contributed by atoms with Gasteiger partial charge in [-0.25, -0.2) is 0 Å². The number of nitrogens with zero attached hydrogens (tertiary/aromatic N) is 1. The number of aliphatic hydroxyl groups excluding tert-OH is 1. The van der Waals surface area contributed by atoms with Gasteiger partial charge in [0.25, 0.3) is 11.6 Å². The zero-order chi connectivity index (χ0) is 23.3. The third kappa shape index (κ3) is 6.24. The summed E-state index contributed by atoms with van der Waals surface area (Å²) in [7, 11) is 0. The Balaban J connectivity index is 2.51. The van der Waals surface area contributed by atoms with Crippen molar-refractivity contribution >= 4 is 57.6 Å². The average Bonchev–Trinajstić information content (AvgIpc) is 2.68. The van der Waals surface area contributed by atoms with Crippen LogP contribution < -0.4 is 27.0 Å². The number of benzene rings is 1. The van der Waals surface area contributed by atoms with Crippen LogP contribution in [-0.2, 0) is 14.4 Å². The fraction of sp³-hybridized carbons (Fsp3) is 0.412. The predicted octanol–water partition coefficient (Wildman–Crippen LogP) is -1.42. The number of nitrogens with one attached hydrogen (secondary N) is 4. The number of nitro groups is 1. The lowest BCUT2D eigenvalue weighted by Gasteiger charge is -2.23. The molecule has 1 heterocycles. The Hall–Kier alpha value is -3.01. The van der Waals surface area contributed by atoms with Crippen LogP contribution >= 0.6 is 22.6 Å². The van der Waals surface area contributed by atoms with E-state index in [0.29, 0.717) is 3.57 Å². The van der Waals surface area contributed by atoms with E-state index in [2.05, 4.69) is 21.3 Å². The van der Waals surface area contributed by atoms with Gasteiger partial charge >= 0.3 is 0 Å². The molecule has 1 aromatic carbocycles. The smallest absolute Gasteiger partial charge is 0.271 e. The molecule has 0 fully saturated rings. The zero-order valence-corrected chi connectivity index (χ0v) is 18.5. The van der Waals surface area contributed by atoms with Crippen LogP contribution in [0.2, 0.25) is 0 Å². The molecule has 31 heavy (non-hydrogen) atoms. The van der Waals surface area contributed by atoms with Crippen LogP contribution in [0.4, 0.5) is 11.4 Å². The molecule has 3 atom stereocenters. The third-order valence-electron chi connectivity index (χ3n) is 4.42. The first-order valence-corrected chi connectivity index (χ1v) is 10.2. The topological polar surface area (TPSA) is 206 Å². The summed E-state index contributed by atoms with van der Waals surface area (Å²) in [6.07, 6.45) is -1.29. The zero-order valence-electron chi connectivity index (χ0n) is 16.3. The first-order valence-electron chi connectivity index (χ1n) is 9.08. The van der Waals surface area contributed by atoms with E-state index >= 15 is 0 Å². The number of non-ortho nitro benzene ring substituents is 1. The molecule has 0 radical (unpaired) electrons. The third-order valence-corrected chi connectivity index (χ3v) is 5.27. The second-order valence-electron chi connectivity index (χ2n) is 6.75. The predicted molar refractivity (Wildman–Crippen MR) is 116 cm³/mol. The molecule has 168 valence electrons. The molecule has 1 aliphatic heterocycles. The van der Waals surface area contributed by atoms with Crippen LogP contribution in [0.5, 0.6) is 0 Å². The number of hydrogen-bond donors (Lipinski definition) is 6. The molecule has 4 amide bonds. The number of anilines is 1. The average molecular weight is 548 g/mol. The van der Waals surface area contributed by atoms with Gasteiger partial charge in [-0.05, 0) is 35.9 Å². The van der Waals surface area contributed by atoms with Gasteiger partial charge in [0.1, 0.15) is 12.1 Å². The molecule has 7 N–H and O–H groups in total. The highest BCUT2D eigenvalue weighted by Crippen LogP contribution is 2.29. The Morgan fingerprint density at radius 1 is 1.29 bits per heavy atom. The van der Waals surface area contributed by atoms with E-state index in [1.54, 1.807) is 22.6 Å². The van der Waals surface area contributed by atoms with Gasteiger partial charge in [-0.3, -0.25) is 29.3 Å². The van der Waals surface area contributed by atoms with E-state index in [9.17, 15) is 34.4 Å². The van der Waals surface area contributed by atoms with Crippen molar-refractivity contribution in [2.24, 2.45) is 5.73 Å². The van der Waals surface area contributed by atoms with Gasteiger partial charge in [0.2, 0.25) is 17.7 Å². The summed E-state index contributed by atoms with van der Waals surface area (Å²) in [6.45, 7) is 0.830. The first kappa shape index (κ1) is 24.3. The molecular formula is C17H21IN6O7. The lowest BCUT2D eigenvalue weighted by molar-refractivity contribution is -0.384. The normalized spacial score (nSPS) is 21.3. The van der Waals surface area contributed by atoms with Gasteiger partial charge in [0.15, 0.2) is 0 Å². The van der Waals surface area contributed by atoms with Crippen molar-refractivity contribution in [3.8, 4) is 0 Å². The fourth-order valence-corrected chi connectivity index (χ4v) is 3.63. The minimum Gasteiger partial charge on any atom is -0.391 e. The number of amides is 4. The number of nitrogens with two attached hydrogens (primary N) is 1. The van der Waals surface area contributed by atoms with Crippen LogP contribution in [-0.4, -0.2) is 64.9 Å². The summed E-state index contributed by atoms with van der Waals surface area (Å²) >= 11 is 1.80. The summed E-state index contributed by atoms with van der Waals surface area (Å²) < 4.78 is 0.335. The molecule has 0 aromatic heterocycles. The van der Waals surface area contributed by atoms with Gasteiger partial charge in [0, 0.05) is 22.2 Å². The number of halogens is 1. The molecule has 2 rings (SSSR count). The number of carbonyl (C=O) groups excluding carboxylic acids is 4. The summed E-state index contributed by atoms with van der Waals surface area (Å²) in [6, 6.07) is -0.217. The molecule has 1 aliphatic rings. The van der Waals surface area contributed by atoms with Crippen molar-refractivity contribution in [3.05, 3.63) is 31.4 Å². The van der Waals surface area contributed by atoms with Crippen molar-refractivity contribution in [1.82, 2.24) is 16.0 Å². The molecular weight excluding hydrogens is 527 g/mol. The van der Waals surface area contributed by atoms with Crippen LogP contribution in [0.15, 0.2) is 12.1 Å². The molecule has 0 saturated heterocycles. The summed E-state index contributed by atoms with van der Waals surface area (Å²) in [4.78, 5) is 59.5. The SMILES string of the molecule is C[C@@H](O)C1NC(=O)c2cc([N+](=O)[O-])cc(I)c2NCCC(C(N)=O)NC(=O)CNC1=O. The lowest BCUT2D eigenvalue weighted by Crippen LogP contribution is -2.55. The van der Waals surface area contributed by atoms with Crippen molar-refractivity contribution in [2.75, 3.05) is 18.4 Å².